The molecule has 0 N–H and O–H groups in total. The van der Waals surface area contributed by atoms with Gasteiger partial charge in [0.2, 0.25) is 8.32 Å². The summed E-state index contributed by atoms with van der Waals surface area (Å²) in [5, 5.41) is 2.65. The second-order valence-electron chi connectivity index (χ2n) is 6.49. The normalized spacial score (nSPS) is 12.7. The Kier molecular flexibility index (Phi) is 3.80. The van der Waals surface area contributed by atoms with E-state index in [0.717, 1.165) is 10.2 Å². The molecule has 0 spiro atoms. The number of hydrogen-bond acceptors (Lipinski definition) is 1. The Morgan fingerprint density at radius 3 is 2.32 bits per heavy atom. The molecule has 0 aliphatic carbocycles. The van der Waals surface area contributed by atoms with Crippen molar-refractivity contribution in [2.24, 2.45) is 0 Å². The van der Waals surface area contributed by atoms with E-state index in [0.29, 0.717) is 0 Å². The molecule has 2 aromatic rings. The molecule has 0 saturated carbocycles. The first kappa shape index (κ1) is 14.6. The van der Waals surface area contributed by atoms with Crippen molar-refractivity contribution < 1.29 is 4.43 Å². The molecule has 0 aromatic heterocycles. The van der Waals surface area contributed by atoms with E-state index in [1.807, 2.05) is 0 Å². The third-order valence-electron chi connectivity index (χ3n) is 3.96. The van der Waals surface area contributed by atoms with Gasteiger partial charge in [0.15, 0.2) is 0 Å². The molecule has 0 heterocycles. The number of fused-ring (bicyclic) bond motifs is 1. The monoisotopic (exact) mass is 336 g/mol. The summed E-state index contributed by atoms with van der Waals surface area (Å²) in [6.45, 7) is 11.3. The first-order valence-electron chi connectivity index (χ1n) is 6.58. The summed E-state index contributed by atoms with van der Waals surface area (Å²) in [7, 11) is -1.78. The van der Waals surface area contributed by atoms with Gasteiger partial charge in [-0.25, -0.2) is 0 Å². The van der Waals surface area contributed by atoms with Crippen LogP contribution in [0.1, 0.15) is 20.8 Å². The van der Waals surface area contributed by atoms with Crippen LogP contribution in [0, 0.1) is 0 Å². The zero-order chi connectivity index (χ0) is 14.3. The van der Waals surface area contributed by atoms with E-state index in [1.165, 1.54) is 10.8 Å². The van der Waals surface area contributed by atoms with Gasteiger partial charge in [0, 0.05) is 4.47 Å². The van der Waals surface area contributed by atoms with Crippen LogP contribution in [0.5, 0.6) is 5.75 Å². The highest BCUT2D eigenvalue weighted by Gasteiger charge is 2.39. The lowest BCUT2D eigenvalue weighted by Crippen LogP contribution is -2.43. The van der Waals surface area contributed by atoms with E-state index in [9.17, 15) is 0 Å². The lowest BCUT2D eigenvalue weighted by Gasteiger charge is -2.36. The summed E-state index contributed by atoms with van der Waals surface area (Å²) in [5.41, 5.74) is 0. The van der Waals surface area contributed by atoms with Crippen molar-refractivity contribution >= 4 is 35.0 Å². The maximum absolute atomic E-state index is 6.36. The van der Waals surface area contributed by atoms with Crippen LogP contribution in [-0.4, -0.2) is 8.32 Å². The molecule has 19 heavy (non-hydrogen) atoms. The Hall–Kier alpha value is -0.803. The number of hydrogen-bond donors (Lipinski definition) is 0. The van der Waals surface area contributed by atoms with Gasteiger partial charge in [0.1, 0.15) is 5.75 Å². The Morgan fingerprint density at radius 1 is 1.05 bits per heavy atom. The second-order valence-corrected chi connectivity index (χ2v) is 12.1. The summed E-state index contributed by atoms with van der Waals surface area (Å²) < 4.78 is 7.46. The van der Waals surface area contributed by atoms with Crippen LogP contribution in [0.3, 0.4) is 0 Å². The molecule has 2 aromatic carbocycles. The fourth-order valence-corrected chi connectivity index (χ4v) is 3.34. The van der Waals surface area contributed by atoms with Crippen molar-refractivity contribution in [3.05, 3.63) is 40.9 Å². The highest BCUT2D eigenvalue weighted by Crippen LogP contribution is 2.39. The summed E-state index contributed by atoms with van der Waals surface area (Å²) in [6.07, 6.45) is 0. The SMILES string of the molecule is CC(C)(C)[Si](C)(C)Oc1cc(Br)c2ccccc2c1. The van der Waals surface area contributed by atoms with Crippen molar-refractivity contribution in [1.82, 2.24) is 0 Å². The molecule has 3 heteroatoms. The molecule has 0 fully saturated rings. The summed E-state index contributed by atoms with van der Waals surface area (Å²) >= 11 is 3.64. The molecule has 0 unspecified atom stereocenters. The molecule has 2 rings (SSSR count). The van der Waals surface area contributed by atoms with Crippen molar-refractivity contribution in [2.45, 2.75) is 38.9 Å². The third-order valence-corrected chi connectivity index (χ3v) is 8.98. The maximum atomic E-state index is 6.36. The lowest BCUT2D eigenvalue weighted by molar-refractivity contribution is 0.492. The molecule has 0 amide bonds. The second kappa shape index (κ2) is 4.95. The van der Waals surface area contributed by atoms with Gasteiger partial charge in [-0.2, -0.15) is 0 Å². The van der Waals surface area contributed by atoms with Gasteiger partial charge >= 0.3 is 0 Å². The standard InChI is InChI=1S/C16H21BrOSi/c1-16(2,3)19(4,5)18-13-10-12-8-6-7-9-14(12)15(17)11-13/h6-11H,1-5H3. The van der Waals surface area contributed by atoms with Gasteiger partial charge in [-0.15, -0.1) is 0 Å². The first-order valence-corrected chi connectivity index (χ1v) is 10.3. The van der Waals surface area contributed by atoms with Gasteiger partial charge < -0.3 is 4.43 Å². The highest BCUT2D eigenvalue weighted by molar-refractivity contribution is 9.10. The zero-order valence-electron chi connectivity index (χ0n) is 12.3. The maximum Gasteiger partial charge on any atom is 0.250 e. The minimum absolute atomic E-state index is 0.213. The zero-order valence-corrected chi connectivity index (χ0v) is 14.8. The van der Waals surface area contributed by atoms with Crippen LogP contribution in [0.15, 0.2) is 40.9 Å². The van der Waals surface area contributed by atoms with Gasteiger partial charge in [-0.3, -0.25) is 0 Å². The van der Waals surface area contributed by atoms with Crippen molar-refractivity contribution in [1.29, 1.82) is 0 Å². The topological polar surface area (TPSA) is 9.23 Å². The minimum atomic E-state index is -1.78. The Labute approximate surface area is 125 Å². The Bertz CT molecular complexity index is 599. The van der Waals surface area contributed by atoms with E-state index in [4.69, 9.17) is 4.43 Å². The van der Waals surface area contributed by atoms with Gasteiger partial charge in [-0.05, 0) is 41.0 Å². The van der Waals surface area contributed by atoms with Crippen LogP contribution in [0.25, 0.3) is 10.8 Å². The number of halogens is 1. The van der Waals surface area contributed by atoms with E-state index in [1.54, 1.807) is 0 Å². The number of benzene rings is 2. The van der Waals surface area contributed by atoms with E-state index < -0.39 is 8.32 Å². The quantitative estimate of drug-likeness (QED) is 0.612. The van der Waals surface area contributed by atoms with Gasteiger partial charge in [-0.1, -0.05) is 61.0 Å². The van der Waals surface area contributed by atoms with Crippen molar-refractivity contribution in [3.8, 4) is 5.75 Å². The molecule has 0 saturated heterocycles. The molecule has 0 atom stereocenters. The summed E-state index contributed by atoms with van der Waals surface area (Å²) in [6, 6.07) is 12.6. The predicted molar refractivity (Wildman–Crippen MR) is 89.5 cm³/mol. The van der Waals surface area contributed by atoms with E-state index >= 15 is 0 Å². The molecule has 0 radical (unpaired) electrons. The van der Waals surface area contributed by atoms with Gasteiger partial charge in [0.05, 0.1) is 0 Å². The highest BCUT2D eigenvalue weighted by atomic mass is 79.9. The van der Waals surface area contributed by atoms with Crippen LogP contribution in [0.4, 0.5) is 0 Å². The molecule has 0 bridgehead atoms. The van der Waals surface area contributed by atoms with Crippen LogP contribution >= 0.6 is 15.9 Å². The molecule has 1 nitrogen and oxygen atoms in total. The van der Waals surface area contributed by atoms with Crippen LogP contribution in [-0.2, 0) is 0 Å². The van der Waals surface area contributed by atoms with Crippen molar-refractivity contribution in [3.63, 3.8) is 0 Å². The molecule has 102 valence electrons. The number of rotatable bonds is 2. The molecular weight excluding hydrogens is 316 g/mol. The van der Waals surface area contributed by atoms with E-state index in [-0.39, 0.29) is 5.04 Å². The Morgan fingerprint density at radius 2 is 1.68 bits per heavy atom. The van der Waals surface area contributed by atoms with Crippen LogP contribution in [0.2, 0.25) is 18.1 Å². The molecule has 0 aliphatic heterocycles. The largest absolute Gasteiger partial charge is 0.543 e. The van der Waals surface area contributed by atoms with Crippen LogP contribution < -0.4 is 4.43 Å². The van der Waals surface area contributed by atoms with Gasteiger partial charge in [0.25, 0.3) is 0 Å². The molecule has 0 aliphatic rings. The third kappa shape index (κ3) is 3.03. The first-order chi connectivity index (χ1) is 8.71. The molecular formula is C16H21BrOSi. The fourth-order valence-electron chi connectivity index (χ4n) is 1.74. The predicted octanol–water partition coefficient (Wildman–Crippen LogP) is 5.99. The van der Waals surface area contributed by atoms with E-state index in [2.05, 4.69) is 86.2 Å². The summed E-state index contributed by atoms with van der Waals surface area (Å²) in [4.78, 5) is 0. The average Bonchev–Trinajstić information content (AvgIpc) is 2.27. The van der Waals surface area contributed by atoms with Crippen molar-refractivity contribution in [2.75, 3.05) is 0 Å². The minimum Gasteiger partial charge on any atom is -0.543 e. The Balaban J connectivity index is 2.42. The summed E-state index contributed by atoms with van der Waals surface area (Å²) in [5.74, 6) is 0.970. The fraction of sp³-hybridized carbons (Fsp3) is 0.375. The lowest BCUT2D eigenvalue weighted by atomic mass is 10.1. The smallest absolute Gasteiger partial charge is 0.250 e. The average molecular weight is 337 g/mol.